The van der Waals surface area contributed by atoms with E-state index in [0.717, 1.165) is 5.56 Å². The van der Waals surface area contributed by atoms with Crippen LogP contribution < -0.4 is 11.1 Å². The monoisotopic (exact) mass is 402 g/mol. The fraction of sp³-hybridized carbons (Fsp3) is 0.619. The summed E-state index contributed by atoms with van der Waals surface area (Å²) >= 11 is 0. The molecular formula is C21H34N6O2. The summed E-state index contributed by atoms with van der Waals surface area (Å²) in [4.78, 5) is 12.6. The van der Waals surface area contributed by atoms with Gasteiger partial charge in [0.15, 0.2) is 5.82 Å². The summed E-state index contributed by atoms with van der Waals surface area (Å²) in [5, 5.41) is 15.1. The highest BCUT2D eigenvalue weighted by Gasteiger charge is 2.24. The van der Waals surface area contributed by atoms with Crippen molar-refractivity contribution in [2.24, 2.45) is 11.7 Å². The van der Waals surface area contributed by atoms with Crippen LogP contribution in [0.1, 0.15) is 64.9 Å². The van der Waals surface area contributed by atoms with Crippen LogP contribution in [0.25, 0.3) is 0 Å². The van der Waals surface area contributed by atoms with Crippen LogP contribution in [0, 0.1) is 5.92 Å². The van der Waals surface area contributed by atoms with Gasteiger partial charge < -0.3 is 15.8 Å². The minimum atomic E-state index is -0.448. The molecule has 0 bridgehead atoms. The van der Waals surface area contributed by atoms with Gasteiger partial charge in [-0.3, -0.25) is 4.79 Å². The number of hydrogen-bond donors (Lipinski definition) is 2. The Balaban J connectivity index is 2.12. The number of ether oxygens (including phenoxy) is 1. The van der Waals surface area contributed by atoms with Gasteiger partial charge in [-0.05, 0) is 49.1 Å². The zero-order valence-corrected chi connectivity index (χ0v) is 18.1. The number of rotatable bonds is 10. The normalized spacial score (nSPS) is 14.0. The van der Waals surface area contributed by atoms with Crippen LogP contribution >= 0.6 is 0 Å². The first-order chi connectivity index (χ1) is 13.7. The molecule has 0 saturated heterocycles. The lowest BCUT2D eigenvalue weighted by Crippen LogP contribution is -2.37. The molecule has 29 heavy (non-hydrogen) atoms. The molecule has 0 fully saturated rings. The predicted molar refractivity (Wildman–Crippen MR) is 112 cm³/mol. The van der Waals surface area contributed by atoms with E-state index in [1.165, 1.54) is 0 Å². The highest BCUT2D eigenvalue weighted by molar-refractivity contribution is 5.76. The lowest BCUT2D eigenvalue weighted by atomic mass is 10.0. The van der Waals surface area contributed by atoms with Gasteiger partial charge in [0.25, 0.3) is 0 Å². The van der Waals surface area contributed by atoms with Gasteiger partial charge in [-0.15, -0.1) is 5.10 Å². The first-order valence-corrected chi connectivity index (χ1v) is 10.1. The average molecular weight is 403 g/mol. The van der Waals surface area contributed by atoms with Gasteiger partial charge in [0.1, 0.15) is 6.04 Å². The maximum absolute atomic E-state index is 12.6. The Morgan fingerprint density at radius 2 is 1.93 bits per heavy atom. The molecule has 0 saturated carbocycles. The van der Waals surface area contributed by atoms with Gasteiger partial charge in [-0.1, -0.05) is 44.2 Å². The molecular weight excluding hydrogens is 368 g/mol. The highest BCUT2D eigenvalue weighted by atomic mass is 16.5. The molecule has 0 radical (unpaired) electrons. The van der Waals surface area contributed by atoms with Crippen LogP contribution in [-0.2, 0) is 16.1 Å². The largest absolute Gasteiger partial charge is 0.373 e. The molecule has 1 amide bonds. The molecule has 0 spiro atoms. The Bertz CT molecular complexity index is 754. The van der Waals surface area contributed by atoms with Crippen LogP contribution in [-0.4, -0.2) is 44.4 Å². The van der Waals surface area contributed by atoms with E-state index >= 15 is 0 Å². The summed E-state index contributed by atoms with van der Waals surface area (Å²) in [5.41, 5.74) is 6.80. The number of nitrogens with zero attached hydrogens (tertiary/aromatic N) is 4. The van der Waals surface area contributed by atoms with Crippen LogP contribution in [0.3, 0.4) is 0 Å². The number of tetrazole rings is 1. The third-order valence-electron chi connectivity index (χ3n) is 4.63. The molecule has 160 valence electrons. The van der Waals surface area contributed by atoms with Gasteiger partial charge in [0.05, 0.1) is 18.8 Å². The number of nitrogens with two attached hydrogens (primary N) is 1. The van der Waals surface area contributed by atoms with E-state index in [0.29, 0.717) is 31.1 Å². The van der Waals surface area contributed by atoms with Crippen molar-refractivity contribution < 1.29 is 9.53 Å². The first-order valence-electron chi connectivity index (χ1n) is 10.1. The fourth-order valence-corrected chi connectivity index (χ4v) is 2.74. The molecule has 8 heteroatoms. The summed E-state index contributed by atoms with van der Waals surface area (Å²) in [5.74, 6) is 0.818. The maximum atomic E-state index is 12.6. The number of aromatic nitrogens is 4. The smallest absolute Gasteiger partial charge is 0.220 e. The zero-order chi connectivity index (χ0) is 21.4. The van der Waals surface area contributed by atoms with E-state index in [-0.39, 0.29) is 24.2 Å². The van der Waals surface area contributed by atoms with Crippen LogP contribution in [0.5, 0.6) is 0 Å². The Hall–Kier alpha value is -2.32. The second-order valence-electron chi connectivity index (χ2n) is 8.67. The molecule has 1 heterocycles. The molecule has 0 aliphatic carbocycles. The topological polar surface area (TPSA) is 108 Å². The minimum absolute atomic E-state index is 0.00609. The minimum Gasteiger partial charge on any atom is -0.373 e. The van der Waals surface area contributed by atoms with Gasteiger partial charge in [-0.25, -0.2) is 4.68 Å². The summed E-state index contributed by atoms with van der Waals surface area (Å²) in [6.07, 6.45) is 0.983. The van der Waals surface area contributed by atoms with E-state index in [1.54, 1.807) is 4.68 Å². The number of amides is 1. The number of carbonyl (C=O) groups is 1. The number of hydrogen-bond acceptors (Lipinski definition) is 6. The molecule has 2 aromatic rings. The lowest BCUT2D eigenvalue weighted by molar-refractivity contribution is -0.123. The molecule has 2 atom stereocenters. The van der Waals surface area contributed by atoms with Crippen molar-refractivity contribution in [2.45, 2.75) is 71.7 Å². The van der Waals surface area contributed by atoms with Crippen LogP contribution in [0.15, 0.2) is 30.3 Å². The third-order valence-corrected chi connectivity index (χ3v) is 4.63. The Kier molecular flexibility index (Phi) is 8.28. The van der Waals surface area contributed by atoms with Crippen molar-refractivity contribution in [3.05, 3.63) is 41.7 Å². The lowest BCUT2D eigenvalue weighted by Gasteiger charge is -2.25. The van der Waals surface area contributed by atoms with Crippen molar-refractivity contribution in [3.63, 3.8) is 0 Å². The first kappa shape index (κ1) is 23.0. The summed E-state index contributed by atoms with van der Waals surface area (Å²) in [7, 11) is 0. The standard InChI is InChI=1S/C21H34N6O2/c1-15(2)17(22)11-12-19(28)23-18(14-29-21(3,4)5)20-24-25-26-27(20)13-16-9-7-6-8-10-16/h6-10,15,17-18H,11-14,22H2,1-5H3,(H,23,28)/t17?,18-/m1/s1. The van der Waals surface area contributed by atoms with E-state index in [4.69, 9.17) is 10.5 Å². The Morgan fingerprint density at radius 1 is 1.24 bits per heavy atom. The maximum Gasteiger partial charge on any atom is 0.220 e. The molecule has 2 rings (SSSR count). The summed E-state index contributed by atoms with van der Waals surface area (Å²) < 4.78 is 7.64. The number of benzene rings is 1. The molecule has 0 aliphatic rings. The third kappa shape index (κ3) is 7.91. The Morgan fingerprint density at radius 3 is 2.55 bits per heavy atom. The second-order valence-corrected chi connectivity index (χ2v) is 8.67. The van der Waals surface area contributed by atoms with Crippen molar-refractivity contribution >= 4 is 5.91 Å². The number of nitrogens with one attached hydrogen (secondary N) is 1. The van der Waals surface area contributed by atoms with E-state index in [9.17, 15) is 4.79 Å². The molecule has 8 nitrogen and oxygen atoms in total. The van der Waals surface area contributed by atoms with Crippen LogP contribution in [0.2, 0.25) is 0 Å². The fourth-order valence-electron chi connectivity index (χ4n) is 2.74. The second kappa shape index (κ2) is 10.5. The quantitative estimate of drug-likeness (QED) is 0.632. The van der Waals surface area contributed by atoms with Gasteiger partial charge in [0, 0.05) is 12.5 Å². The van der Waals surface area contributed by atoms with Crippen molar-refractivity contribution in [1.82, 2.24) is 25.5 Å². The summed E-state index contributed by atoms with van der Waals surface area (Å²) in [6.45, 7) is 10.8. The van der Waals surface area contributed by atoms with E-state index in [2.05, 4.69) is 34.7 Å². The van der Waals surface area contributed by atoms with E-state index < -0.39 is 6.04 Å². The average Bonchev–Trinajstić information content (AvgIpc) is 3.11. The van der Waals surface area contributed by atoms with Gasteiger partial charge in [-0.2, -0.15) is 0 Å². The molecule has 1 aromatic heterocycles. The van der Waals surface area contributed by atoms with Gasteiger partial charge >= 0.3 is 0 Å². The predicted octanol–water partition coefficient (Wildman–Crippen LogP) is 2.46. The molecule has 3 N–H and O–H groups in total. The number of carbonyl (C=O) groups excluding carboxylic acids is 1. The molecule has 1 aromatic carbocycles. The van der Waals surface area contributed by atoms with Crippen LogP contribution in [0.4, 0.5) is 0 Å². The Labute approximate surface area is 173 Å². The van der Waals surface area contributed by atoms with Crippen molar-refractivity contribution in [1.29, 1.82) is 0 Å². The van der Waals surface area contributed by atoms with E-state index in [1.807, 2.05) is 51.1 Å². The zero-order valence-electron chi connectivity index (χ0n) is 18.1. The molecule has 0 aliphatic heterocycles. The van der Waals surface area contributed by atoms with Crippen molar-refractivity contribution in [2.75, 3.05) is 6.61 Å². The van der Waals surface area contributed by atoms with Gasteiger partial charge in [0.2, 0.25) is 5.91 Å². The SMILES string of the molecule is CC(C)C(N)CCC(=O)N[C@H](COC(C)(C)C)c1nnnn1Cc1ccccc1. The molecule has 1 unspecified atom stereocenters. The van der Waals surface area contributed by atoms with Crippen molar-refractivity contribution in [3.8, 4) is 0 Å². The summed E-state index contributed by atoms with van der Waals surface area (Å²) in [6, 6.07) is 9.48. The highest BCUT2D eigenvalue weighted by Crippen LogP contribution is 2.17.